The van der Waals surface area contributed by atoms with Gasteiger partial charge in [0.05, 0.1) is 0 Å². The van der Waals surface area contributed by atoms with Gasteiger partial charge in [-0.15, -0.1) is 0 Å². The van der Waals surface area contributed by atoms with E-state index in [1.807, 2.05) is 0 Å². The van der Waals surface area contributed by atoms with Crippen molar-refractivity contribution in [1.82, 2.24) is 10.2 Å². The molecule has 4 unspecified atom stereocenters. The molecule has 4 atom stereocenters. The van der Waals surface area contributed by atoms with Crippen molar-refractivity contribution in [2.24, 2.45) is 11.8 Å². The Morgan fingerprint density at radius 1 is 1.21 bits per heavy atom. The molecule has 2 aliphatic rings. The molecule has 0 radical (unpaired) electrons. The Morgan fingerprint density at radius 3 is 2.14 bits per heavy atom. The van der Waals surface area contributed by atoms with Crippen LogP contribution in [0.2, 0.25) is 0 Å². The second-order valence-electron chi connectivity index (χ2n) is 4.92. The van der Waals surface area contributed by atoms with Crippen molar-refractivity contribution in [1.29, 1.82) is 0 Å². The van der Waals surface area contributed by atoms with Crippen molar-refractivity contribution < 1.29 is 4.79 Å². The first kappa shape index (κ1) is 9.97. The molecule has 0 spiro atoms. The van der Waals surface area contributed by atoms with Crippen LogP contribution in [-0.4, -0.2) is 36.0 Å². The van der Waals surface area contributed by atoms with Gasteiger partial charge in [0.25, 0.3) is 0 Å². The lowest BCUT2D eigenvalue weighted by molar-refractivity contribution is -0.138. The van der Waals surface area contributed by atoms with E-state index in [1.165, 1.54) is 0 Å². The number of nitrogens with one attached hydrogen (secondary N) is 1. The molecule has 2 rings (SSSR count). The summed E-state index contributed by atoms with van der Waals surface area (Å²) >= 11 is 0. The Morgan fingerprint density at radius 2 is 1.71 bits per heavy atom. The normalized spacial score (nSPS) is 42.4. The molecular weight excluding hydrogens is 176 g/mol. The molecule has 1 aliphatic carbocycles. The van der Waals surface area contributed by atoms with Gasteiger partial charge in [0.1, 0.15) is 0 Å². The van der Waals surface area contributed by atoms with Crippen LogP contribution in [0.4, 0.5) is 0 Å². The molecule has 1 amide bonds. The number of rotatable bonds is 1. The Bertz CT molecular complexity index is 231. The molecule has 1 heterocycles. The second kappa shape index (κ2) is 3.54. The third kappa shape index (κ3) is 1.65. The molecule has 14 heavy (non-hydrogen) atoms. The van der Waals surface area contributed by atoms with Crippen LogP contribution < -0.4 is 5.32 Å². The summed E-state index contributed by atoms with van der Waals surface area (Å²) in [5, 5.41) is 3.35. The molecule has 1 aliphatic heterocycles. The SMILES string of the molecule is CC1CC1C(=O)N1C(C)CNCC1C. The van der Waals surface area contributed by atoms with Crippen molar-refractivity contribution >= 4 is 5.91 Å². The summed E-state index contributed by atoms with van der Waals surface area (Å²) in [6.45, 7) is 8.32. The predicted octanol–water partition coefficient (Wildman–Crippen LogP) is 0.851. The van der Waals surface area contributed by atoms with Crippen LogP contribution in [0, 0.1) is 11.8 Å². The van der Waals surface area contributed by atoms with Crippen LogP contribution in [0.1, 0.15) is 27.2 Å². The maximum Gasteiger partial charge on any atom is 0.226 e. The second-order valence-corrected chi connectivity index (χ2v) is 4.92. The highest BCUT2D eigenvalue weighted by Gasteiger charge is 2.44. The lowest BCUT2D eigenvalue weighted by atomic mass is 10.1. The largest absolute Gasteiger partial charge is 0.334 e. The number of carbonyl (C=O) groups excluding carboxylic acids is 1. The first-order valence-corrected chi connectivity index (χ1v) is 5.64. The molecule has 0 aromatic carbocycles. The molecule has 2 fully saturated rings. The number of carbonyl (C=O) groups is 1. The van der Waals surface area contributed by atoms with Crippen LogP contribution in [0.15, 0.2) is 0 Å². The van der Waals surface area contributed by atoms with Crippen molar-refractivity contribution in [2.45, 2.75) is 39.3 Å². The third-order valence-electron chi connectivity index (χ3n) is 3.51. The molecule has 1 saturated heterocycles. The van der Waals surface area contributed by atoms with Gasteiger partial charge in [-0.2, -0.15) is 0 Å². The molecule has 0 bridgehead atoms. The molecule has 1 N–H and O–H groups in total. The van der Waals surface area contributed by atoms with Crippen LogP contribution in [0.5, 0.6) is 0 Å². The fourth-order valence-electron chi connectivity index (χ4n) is 2.42. The number of hydrogen-bond acceptors (Lipinski definition) is 2. The highest BCUT2D eigenvalue weighted by atomic mass is 16.2. The number of hydrogen-bond donors (Lipinski definition) is 1. The minimum Gasteiger partial charge on any atom is -0.334 e. The van der Waals surface area contributed by atoms with E-state index in [4.69, 9.17) is 0 Å². The van der Waals surface area contributed by atoms with E-state index in [1.54, 1.807) is 0 Å². The number of piperazine rings is 1. The summed E-state index contributed by atoms with van der Waals surface area (Å²) in [6, 6.07) is 0.720. The molecule has 3 heteroatoms. The van der Waals surface area contributed by atoms with E-state index < -0.39 is 0 Å². The zero-order chi connectivity index (χ0) is 10.3. The number of nitrogens with zero attached hydrogens (tertiary/aromatic N) is 1. The first-order chi connectivity index (χ1) is 6.61. The Labute approximate surface area is 85.8 Å². The smallest absolute Gasteiger partial charge is 0.226 e. The molecular formula is C11H20N2O. The Balaban J connectivity index is 2.02. The Kier molecular flexibility index (Phi) is 2.52. The third-order valence-corrected chi connectivity index (χ3v) is 3.51. The molecule has 0 aromatic rings. The van der Waals surface area contributed by atoms with Gasteiger partial charge >= 0.3 is 0 Å². The molecule has 1 saturated carbocycles. The van der Waals surface area contributed by atoms with Crippen molar-refractivity contribution in [3.63, 3.8) is 0 Å². The van der Waals surface area contributed by atoms with E-state index >= 15 is 0 Å². The quantitative estimate of drug-likeness (QED) is 0.674. The minimum atomic E-state index is 0.331. The highest BCUT2D eigenvalue weighted by Crippen LogP contribution is 2.40. The zero-order valence-electron chi connectivity index (χ0n) is 9.29. The van der Waals surface area contributed by atoms with Gasteiger partial charge in [0.2, 0.25) is 5.91 Å². The summed E-state index contributed by atoms with van der Waals surface area (Å²) in [5.74, 6) is 1.34. The van der Waals surface area contributed by atoms with E-state index in [0.29, 0.717) is 29.8 Å². The monoisotopic (exact) mass is 196 g/mol. The number of amides is 1. The summed E-state index contributed by atoms with van der Waals surface area (Å²) in [4.78, 5) is 14.2. The topological polar surface area (TPSA) is 32.3 Å². The van der Waals surface area contributed by atoms with E-state index in [2.05, 4.69) is 31.0 Å². The maximum atomic E-state index is 12.1. The van der Waals surface area contributed by atoms with E-state index in [0.717, 1.165) is 19.5 Å². The lowest BCUT2D eigenvalue weighted by Crippen LogP contribution is -2.57. The summed E-state index contributed by atoms with van der Waals surface area (Å²) in [6.07, 6.45) is 1.10. The average molecular weight is 196 g/mol. The lowest BCUT2D eigenvalue weighted by Gasteiger charge is -2.39. The molecule has 3 nitrogen and oxygen atoms in total. The average Bonchev–Trinajstić information content (AvgIpc) is 2.82. The van der Waals surface area contributed by atoms with Crippen LogP contribution in [0.3, 0.4) is 0 Å². The summed E-state index contributed by atoms with van der Waals surface area (Å²) in [7, 11) is 0. The predicted molar refractivity (Wildman–Crippen MR) is 55.9 cm³/mol. The Hall–Kier alpha value is -0.570. The van der Waals surface area contributed by atoms with Crippen molar-refractivity contribution in [2.75, 3.05) is 13.1 Å². The maximum absolute atomic E-state index is 12.1. The van der Waals surface area contributed by atoms with E-state index in [9.17, 15) is 4.79 Å². The van der Waals surface area contributed by atoms with Gasteiger partial charge in [0.15, 0.2) is 0 Å². The van der Waals surface area contributed by atoms with Crippen LogP contribution in [-0.2, 0) is 4.79 Å². The van der Waals surface area contributed by atoms with E-state index in [-0.39, 0.29) is 0 Å². The standard InChI is InChI=1S/C11H20N2O/c1-7-4-10(7)11(14)13-8(2)5-12-6-9(13)3/h7-10,12H,4-6H2,1-3H3. The molecule has 0 aromatic heterocycles. The van der Waals surface area contributed by atoms with Gasteiger partial charge in [0, 0.05) is 31.1 Å². The van der Waals surface area contributed by atoms with Crippen molar-refractivity contribution in [3.05, 3.63) is 0 Å². The van der Waals surface area contributed by atoms with Gasteiger partial charge < -0.3 is 10.2 Å². The van der Waals surface area contributed by atoms with Crippen LogP contribution >= 0.6 is 0 Å². The fourth-order valence-corrected chi connectivity index (χ4v) is 2.42. The summed E-state index contributed by atoms with van der Waals surface area (Å²) < 4.78 is 0. The first-order valence-electron chi connectivity index (χ1n) is 5.64. The van der Waals surface area contributed by atoms with Crippen LogP contribution in [0.25, 0.3) is 0 Å². The summed E-state index contributed by atoms with van der Waals surface area (Å²) in [5.41, 5.74) is 0. The van der Waals surface area contributed by atoms with Crippen molar-refractivity contribution in [3.8, 4) is 0 Å². The van der Waals surface area contributed by atoms with Gasteiger partial charge in [-0.1, -0.05) is 6.92 Å². The van der Waals surface area contributed by atoms with Gasteiger partial charge in [-0.25, -0.2) is 0 Å². The van der Waals surface area contributed by atoms with Gasteiger partial charge in [-0.05, 0) is 26.2 Å². The highest BCUT2D eigenvalue weighted by molar-refractivity contribution is 5.82. The minimum absolute atomic E-state index is 0.331. The molecule has 80 valence electrons. The fraction of sp³-hybridized carbons (Fsp3) is 0.909. The van der Waals surface area contributed by atoms with Gasteiger partial charge in [-0.3, -0.25) is 4.79 Å². The zero-order valence-corrected chi connectivity index (χ0v) is 9.29.